The number of nitrogens with one attached hydrogen (secondary N) is 2. The summed E-state index contributed by atoms with van der Waals surface area (Å²) in [5.74, 6) is -2.85. The molecule has 0 aliphatic heterocycles. The van der Waals surface area contributed by atoms with Gasteiger partial charge in [-0.1, -0.05) is 12.8 Å². The number of hydrogen-bond acceptors (Lipinski definition) is 7. The Morgan fingerprint density at radius 3 is 2.63 bits per heavy atom. The average molecular weight is 548 g/mol. The minimum absolute atomic E-state index is 0.189. The Morgan fingerprint density at radius 1 is 1.13 bits per heavy atom. The molecular formula is C25H24F3N5O4S. The first-order valence-electron chi connectivity index (χ1n) is 11.8. The maximum Gasteiger partial charge on any atom is 0.267 e. The van der Waals surface area contributed by atoms with Gasteiger partial charge in [0.15, 0.2) is 16.4 Å². The Kier molecular flexibility index (Phi) is 6.86. The van der Waals surface area contributed by atoms with Crippen LogP contribution in [-0.4, -0.2) is 35.7 Å². The molecule has 1 aromatic carbocycles. The molecule has 38 heavy (non-hydrogen) atoms. The number of halogens is 3. The van der Waals surface area contributed by atoms with E-state index < -0.39 is 50.2 Å². The molecule has 3 heterocycles. The second-order valence-electron chi connectivity index (χ2n) is 8.99. The molecule has 1 saturated carbocycles. The summed E-state index contributed by atoms with van der Waals surface area (Å²) in [6.07, 6.45) is 6.28. The van der Waals surface area contributed by atoms with E-state index in [9.17, 15) is 17.2 Å². The van der Waals surface area contributed by atoms with Crippen LogP contribution in [0.3, 0.4) is 0 Å². The van der Waals surface area contributed by atoms with Gasteiger partial charge >= 0.3 is 0 Å². The van der Waals surface area contributed by atoms with E-state index in [-0.39, 0.29) is 11.8 Å². The van der Waals surface area contributed by atoms with E-state index in [1.165, 1.54) is 6.20 Å². The predicted octanol–water partition coefficient (Wildman–Crippen LogP) is 5.12. The standard InChI is InChI=1S/C25H24F3N5O4S/c1-13-21-22(14-5-3-4-6-14)19(11-29-24(21)32-31-13)37-12-16-17(27)7-8-18(23(16)28)33-38(34,35)20-9-15(26)10-30-25(20)36-2/h7-11,14,33H,3-6,12H2,1-2H3,(H,29,31,32). The maximum absolute atomic E-state index is 15.4. The first-order valence-corrected chi connectivity index (χ1v) is 13.3. The molecule has 0 spiro atoms. The lowest BCUT2D eigenvalue weighted by Gasteiger charge is -2.18. The second-order valence-corrected chi connectivity index (χ2v) is 10.6. The fraction of sp³-hybridized carbons (Fsp3) is 0.320. The number of aromatic amines is 1. The van der Waals surface area contributed by atoms with E-state index in [1.54, 1.807) is 0 Å². The fourth-order valence-corrected chi connectivity index (χ4v) is 5.99. The monoisotopic (exact) mass is 547 g/mol. The highest BCUT2D eigenvalue weighted by atomic mass is 32.2. The average Bonchev–Trinajstić information content (AvgIpc) is 3.56. The van der Waals surface area contributed by atoms with Gasteiger partial charge in [-0.25, -0.2) is 31.6 Å². The number of aryl methyl sites for hydroxylation is 1. The number of hydrogen-bond donors (Lipinski definition) is 2. The van der Waals surface area contributed by atoms with Crippen molar-refractivity contribution in [3.63, 3.8) is 0 Å². The minimum Gasteiger partial charge on any atom is -0.487 e. The molecule has 5 rings (SSSR count). The molecule has 1 aliphatic carbocycles. The van der Waals surface area contributed by atoms with Crippen LogP contribution in [0.25, 0.3) is 11.0 Å². The zero-order chi connectivity index (χ0) is 27.0. The van der Waals surface area contributed by atoms with Crippen molar-refractivity contribution in [1.29, 1.82) is 0 Å². The summed E-state index contributed by atoms with van der Waals surface area (Å²) in [5, 5.41) is 7.95. The van der Waals surface area contributed by atoms with E-state index in [4.69, 9.17) is 9.47 Å². The zero-order valence-electron chi connectivity index (χ0n) is 20.5. The quantitative estimate of drug-likeness (QED) is 0.314. The van der Waals surface area contributed by atoms with Gasteiger partial charge in [0.1, 0.15) is 24.0 Å². The van der Waals surface area contributed by atoms with Crippen molar-refractivity contribution in [2.45, 2.75) is 50.0 Å². The molecule has 200 valence electrons. The number of pyridine rings is 2. The normalized spacial score (nSPS) is 14.2. The molecule has 4 aromatic rings. The van der Waals surface area contributed by atoms with Gasteiger partial charge in [0.2, 0.25) is 5.88 Å². The van der Waals surface area contributed by atoms with Crippen LogP contribution in [-0.2, 0) is 16.6 Å². The third kappa shape index (κ3) is 4.73. The Morgan fingerprint density at radius 2 is 1.89 bits per heavy atom. The van der Waals surface area contributed by atoms with Crippen molar-refractivity contribution < 1.29 is 31.1 Å². The molecule has 0 atom stereocenters. The highest BCUT2D eigenvalue weighted by Crippen LogP contribution is 2.43. The van der Waals surface area contributed by atoms with Crippen molar-refractivity contribution in [1.82, 2.24) is 20.2 Å². The first-order chi connectivity index (χ1) is 18.2. The van der Waals surface area contributed by atoms with Gasteiger partial charge in [-0.3, -0.25) is 9.82 Å². The number of ether oxygens (including phenoxy) is 2. The summed E-state index contributed by atoms with van der Waals surface area (Å²) in [5.41, 5.74) is 1.20. The van der Waals surface area contributed by atoms with Crippen molar-refractivity contribution >= 4 is 26.7 Å². The van der Waals surface area contributed by atoms with Crippen LogP contribution in [0, 0.1) is 24.4 Å². The number of benzene rings is 1. The molecule has 0 amide bonds. The first kappa shape index (κ1) is 25.8. The maximum atomic E-state index is 15.4. The molecule has 1 fully saturated rings. The number of anilines is 1. The number of rotatable bonds is 8. The van der Waals surface area contributed by atoms with Crippen LogP contribution >= 0.6 is 0 Å². The number of fused-ring (bicyclic) bond motifs is 1. The van der Waals surface area contributed by atoms with Crippen molar-refractivity contribution in [2.24, 2.45) is 0 Å². The SMILES string of the molecule is COc1ncc(F)cc1S(=O)(=O)Nc1ccc(F)c(COc2cnc3[nH]nc(C)c3c2C2CCCC2)c1F. The number of H-pyrrole nitrogens is 1. The lowest BCUT2D eigenvalue weighted by molar-refractivity contribution is 0.287. The molecule has 0 saturated heterocycles. The molecule has 0 bridgehead atoms. The van der Waals surface area contributed by atoms with Gasteiger partial charge in [-0.2, -0.15) is 5.10 Å². The summed E-state index contributed by atoms with van der Waals surface area (Å²) < 4.78 is 82.4. The van der Waals surface area contributed by atoms with E-state index in [1.807, 2.05) is 11.6 Å². The zero-order valence-corrected chi connectivity index (χ0v) is 21.3. The van der Waals surface area contributed by atoms with Crippen molar-refractivity contribution in [3.8, 4) is 11.6 Å². The van der Waals surface area contributed by atoms with Crippen molar-refractivity contribution in [3.05, 3.63) is 64.9 Å². The molecule has 0 unspecified atom stereocenters. The van der Waals surface area contributed by atoms with Gasteiger partial charge in [0.05, 0.1) is 36.4 Å². The van der Waals surface area contributed by atoms with E-state index in [0.29, 0.717) is 17.5 Å². The van der Waals surface area contributed by atoms with Gasteiger partial charge in [-0.05, 0) is 37.8 Å². The van der Waals surface area contributed by atoms with Crippen LogP contribution in [0.1, 0.15) is 48.4 Å². The van der Waals surface area contributed by atoms with Crippen LogP contribution in [0.2, 0.25) is 0 Å². The highest BCUT2D eigenvalue weighted by molar-refractivity contribution is 7.92. The largest absolute Gasteiger partial charge is 0.487 e. The van der Waals surface area contributed by atoms with E-state index in [2.05, 4.69) is 20.2 Å². The van der Waals surface area contributed by atoms with Gasteiger partial charge in [0, 0.05) is 17.0 Å². The molecule has 2 N–H and O–H groups in total. The summed E-state index contributed by atoms with van der Waals surface area (Å²) in [7, 11) is -3.38. The number of aromatic nitrogens is 4. The van der Waals surface area contributed by atoms with Crippen molar-refractivity contribution in [2.75, 3.05) is 11.8 Å². The lowest BCUT2D eigenvalue weighted by Crippen LogP contribution is -2.17. The fourth-order valence-electron chi connectivity index (χ4n) is 4.80. The van der Waals surface area contributed by atoms with Crippen LogP contribution < -0.4 is 14.2 Å². The second kappa shape index (κ2) is 10.1. The summed E-state index contributed by atoms with van der Waals surface area (Å²) in [6, 6.07) is 2.53. The smallest absolute Gasteiger partial charge is 0.267 e. The number of methoxy groups -OCH3 is 1. The molecule has 13 heteroatoms. The molecule has 0 radical (unpaired) electrons. The van der Waals surface area contributed by atoms with Gasteiger partial charge in [-0.15, -0.1) is 0 Å². The van der Waals surface area contributed by atoms with E-state index in [0.717, 1.165) is 67.8 Å². The minimum atomic E-state index is -4.54. The molecule has 9 nitrogen and oxygen atoms in total. The molecule has 3 aromatic heterocycles. The van der Waals surface area contributed by atoms with Crippen LogP contribution in [0.5, 0.6) is 11.6 Å². The molecule has 1 aliphatic rings. The summed E-state index contributed by atoms with van der Waals surface area (Å²) >= 11 is 0. The summed E-state index contributed by atoms with van der Waals surface area (Å²) in [6.45, 7) is 1.32. The van der Waals surface area contributed by atoms with Gasteiger partial charge in [0.25, 0.3) is 10.0 Å². The summed E-state index contributed by atoms with van der Waals surface area (Å²) in [4.78, 5) is 7.29. The predicted molar refractivity (Wildman–Crippen MR) is 132 cm³/mol. The number of sulfonamides is 1. The highest BCUT2D eigenvalue weighted by Gasteiger charge is 2.27. The third-order valence-electron chi connectivity index (χ3n) is 6.61. The number of nitrogens with zero attached hydrogens (tertiary/aromatic N) is 3. The Bertz CT molecular complexity index is 1620. The third-order valence-corrected chi connectivity index (χ3v) is 7.97. The van der Waals surface area contributed by atoms with Gasteiger partial charge < -0.3 is 9.47 Å². The topological polar surface area (TPSA) is 119 Å². The molecular weight excluding hydrogens is 523 g/mol. The lowest BCUT2D eigenvalue weighted by atomic mass is 9.94. The van der Waals surface area contributed by atoms with E-state index >= 15 is 4.39 Å². The Hall–Kier alpha value is -3.87. The van der Waals surface area contributed by atoms with Crippen LogP contribution in [0.4, 0.5) is 18.9 Å². The Labute approximate surface area is 216 Å². The Balaban J connectivity index is 1.46. The van der Waals surface area contributed by atoms with Crippen LogP contribution in [0.15, 0.2) is 35.5 Å².